The van der Waals surface area contributed by atoms with Crippen molar-refractivity contribution in [2.45, 2.75) is 31.5 Å². The number of aromatic nitrogens is 1. The van der Waals surface area contributed by atoms with Gasteiger partial charge < -0.3 is 18.8 Å². The van der Waals surface area contributed by atoms with Gasteiger partial charge in [0.2, 0.25) is 5.91 Å². The van der Waals surface area contributed by atoms with E-state index in [1.165, 1.54) is 6.07 Å². The molecule has 1 aromatic heterocycles. The minimum atomic E-state index is -0.558. The third-order valence-corrected chi connectivity index (χ3v) is 5.00. The van der Waals surface area contributed by atoms with Crippen LogP contribution in [0, 0.1) is 0 Å². The molecule has 0 unspecified atom stereocenters. The van der Waals surface area contributed by atoms with Gasteiger partial charge in [-0.05, 0) is 18.2 Å². The Kier molecular flexibility index (Phi) is 4.37. The van der Waals surface area contributed by atoms with Gasteiger partial charge in [0.25, 0.3) is 0 Å². The number of nitrogens with one attached hydrogen (secondary N) is 1. The number of nitrogens with zero attached hydrogens (tertiary/aromatic N) is 1. The minimum Gasteiger partial charge on any atom is -0.408 e. The maximum absolute atomic E-state index is 12.4. The van der Waals surface area contributed by atoms with Crippen molar-refractivity contribution in [3.8, 4) is 0 Å². The van der Waals surface area contributed by atoms with Gasteiger partial charge in [-0.25, -0.2) is 4.79 Å². The molecule has 2 fully saturated rings. The van der Waals surface area contributed by atoms with Crippen molar-refractivity contribution in [3.05, 3.63) is 34.3 Å². The van der Waals surface area contributed by atoms with Gasteiger partial charge in [0.05, 0.1) is 18.7 Å². The molecule has 0 bridgehead atoms. The summed E-state index contributed by atoms with van der Waals surface area (Å²) in [7, 11) is 0. The summed E-state index contributed by atoms with van der Waals surface area (Å²) in [5.41, 5.74) is 1.31. The van der Waals surface area contributed by atoms with Crippen LogP contribution in [0.1, 0.15) is 36.0 Å². The molecule has 0 saturated carbocycles. The summed E-state index contributed by atoms with van der Waals surface area (Å²) in [5.74, 6) is -1.26. The predicted molar refractivity (Wildman–Crippen MR) is 90.8 cm³/mol. The molecule has 1 spiro atoms. The van der Waals surface area contributed by atoms with Crippen LogP contribution in [0.2, 0.25) is 0 Å². The average molecular weight is 360 g/mol. The number of oxazole rings is 1. The Bertz CT molecular complexity index is 882. The van der Waals surface area contributed by atoms with Crippen LogP contribution in [0.5, 0.6) is 0 Å². The quantitative estimate of drug-likeness (QED) is 0.828. The number of H-pyrrole nitrogens is 1. The van der Waals surface area contributed by atoms with E-state index in [0.717, 1.165) is 0 Å². The van der Waals surface area contributed by atoms with Crippen molar-refractivity contribution in [2.75, 3.05) is 26.3 Å². The Morgan fingerprint density at radius 1 is 1.12 bits per heavy atom. The molecule has 0 aliphatic carbocycles. The highest BCUT2D eigenvalue weighted by atomic mass is 16.7. The number of carbonyl (C=O) groups excluding carboxylic acids is 2. The van der Waals surface area contributed by atoms with Gasteiger partial charge in [-0.2, -0.15) is 0 Å². The van der Waals surface area contributed by atoms with Crippen LogP contribution >= 0.6 is 0 Å². The largest absolute Gasteiger partial charge is 0.417 e. The number of amides is 1. The van der Waals surface area contributed by atoms with E-state index < -0.39 is 11.5 Å². The summed E-state index contributed by atoms with van der Waals surface area (Å²) < 4.78 is 16.3. The number of hydrogen-bond acceptors (Lipinski definition) is 6. The number of hydrogen-bond donors (Lipinski definition) is 1. The standard InChI is InChI=1S/C18H20N2O6/c21-14(12-1-2-13-15(11-12)26-17(23)19-13)3-4-16(22)20-7-5-18(6-8-20)24-9-10-25-18/h1-2,11H,3-10H2,(H,19,23). The van der Waals surface area contributed by atoms with Crippen LogP contribution in [-0.4, -0.2) is 53.7 Å². The van der Waals surface area contributed by atoms with Crippen molar-refractivity contribution < 1.29 is 23.5 Å². The second-order valence-electron chi connectivity index (χ2n) is 6.64. The molecule has 8 heteroatoms. The van der Waals surface area contributed by atoms with Crippen LogP contribution < -0.4 is 5.76 Å². The molecule has 26 heavy (non-hydrogen) atoms. The van der Waals surface area contributed by atoms with Gasteiger partial charge in [0, 0.05) is 44.3 Å². The number of carbonyl (C=O) groups is 2. The minimum absolute atomic E-state index is 0.0412. The fourth-order valence-electron chi connectivity index (χ4n) is 3.52. The summed E-state index contributed by atoms with van der Waals surface area (Å²) >= 11 is 0. The van der Waals surface area contributed by atoms with Gasteiger partial charge in [-0.1, -0.05) is 0 Å². The van der Waals surface area contributed by atoms with Gasteiger partial charge in [0.15, 0.2) is 17.2 Å². The molecular formula is C18H20N2O6. The molecule has 4 rings (SSSR count). The first kappa shape index (κ1) is 17.0. The smallest absolute Gasteiger partial charge is 0.408 e. The molecule has 2 aromatic rings. The van der Waals surface area contributed by atoms with Crippen molar-refractivity contribution in [2.24, 2.45) is 0 Å². The lowest BCUT2D eigenvalue weighted by Crippen LogP contribution is -2.47. The molecule has 3 heterocycles. The molecule has 2 aliphatic rings. The van der Waals surface area contributed by atoms with E-state index in [1.807, 2.05) is 0 Å². The zero-order chi connectivity index (χ0) is 18.1. The van der Waals surface area contributed by atoms with Gasteiger partial charge >= 0.3 is 5.76 Å². The Balaban J connectivity index is 1.32. The van der Waals surface area contributed by atoms with Crippen molar-refractivity contribution in [3.63, 3.8) is 0 Å². The summed E-state index contributed by atoms with van der Waals surface area (Å²) in [6.07, 6.45) is 1.60. The van der Waals surface area contributed by atoms with Crippen LogP contribution in [0.25, 0.3) is 11.1 Å². The number of fused-ring (bicyclic) bond motifs is 1. The number of Topliss-reactive ketones (excluding diaryl/α,β-unsaturated/α-hetero) is 1. The van der Waals surface area contributed by atoms with E-state index in [9.17, 15) is 14.4 Å². The lowest BCUT2D eigenvalue weighted by molar-refractivity contribution is -0.187. The number of benzene rings is 1. The Hall–Kier alpha value is -2.45. The zero-order valence-corrected chi connectivity index (χ0v) is 14.3. The van der Waals surface area contributed by atoms with Gasteiger partial charge in [0.1, 0.15) is 0 Å². The summed E-state index contributed by atoms with van der Waals surface area (Å²) in [5, 5.41) is 0. The molecule has 2 saturated heterocycles. The number of piperidine rings is 1. The topological polar surface area (TPSA) is 102 Å². The number of likely N-dealkylation sites (tertiary alicyclic amines) is 1. The number of ether oxygens (including phenoxy) is 2. The van der Waals surface area contributed by atoms with Gasteiger partial charge in [-0.3, -0.25) is 14.6 Å². The summed E-state index contributed by atoms with van der Waals surface area (Å²) in [4.78, 5) is 40.2. The van der Waals surface area contributed by atoms with E-state index >= 15 is 0 Å². The van der Waals surface area contributed by atoms with E-state index in [0.29, 0.717) is 55.8 Å². The van der Waals surface area contributed by atoms with E-state index in [4.69, 9.17) is 13.9 Å². The highest BCUT2D eigenvalue weighted by Gasteiger charge is 2.40. The predicted octanol–water partition coefficient (Wildman–Crippen LogP) is 1.45. The fourth-order valence-corrected chi connectivity index (χ4v) is 3.52. The molecule has 0 atom stereocenters. The molecule has 1 amide bonds. The van der Waals surface area contributed by atoms with Crippen LogP contribution in [0.15, 0.2) is 27.4 Å². The SMILES string of the molecule is O=C(CCC(=O)N1CCC2(CC1)OCCO2)c1ccc2[nH]c(=O)oc2c1. The second kappa shape index (κ2) is 6.69. The number of ketones is 1. The summed E-state index contributed by atoms with van der Waals surface area (Å²) in [6, 6.07) is 4.78. The molecular weight excluding hydrogens is 340 g/mol. The fraction of sp³-hybridized carbons (Fsp3) is 0.500. The Morgan fingerprint density at radius 3 is 2.58 bits per heavy atom. The van der Waals surface area contributed by atoms with Crippen LogP contribution in [-0.2, 0) is 14.3 Å². The first-order valence-corrected chi connectivity index (χ1v) is 8.76. The highest BCUT2D eigenvalue weighted by Crippen LogP contribution is 2.31. The van der Waals surface area contributed by atoms with Crippen molar-refractivity contribution in [1.29, 1.82) is 0 Å². The molecule has 0 radical (unpaired) electrons. The lowest BCUT2D eigenvalue weighted by atomic mass is 10.0. The maximum atomic E-state index is 12.4. The van der Waals surface area contributed by atoms with E-state index in [-0.39, 0.29) is 24.5 Å². The summed E-state index contributed by atoms with van der Waals surface area (Å²) in [6.45, 7) is 2.36. The van der Waals surface area contributed by atoms with Crippen molar-refractivity contribution in [1.82, 2.24) is 9.88 Å². The van der Waals surface area contributed by atoms with Crippen molar-refractivity contribution >= 4 is 22.8 Å². The van der Waals surface area contributed by atoms with Gasteiger partial charge in [-0.15, -0.1) is 0 Å². The first-order valence-electron chi connectivity index (χ1n) is 8.76. The normalized spacial score (nSPS) is 19.3. The average Bonchev–Trinajstić information content (AvgIpc) is 3.25. The second-order valence-corrected chi connectivity index (χ2v) is 6.64. The monoisotopic (exact) mass is 360 g/mol. The Morgan fingerprint density at radius 2 is 1.85 bits per heavy atom. The molecule has 1 aromatic carbocycles. The van der Waals surface area contributed by atoms with Crippen LogP contribution in [0.4, 0.5) is 0 Å². The first-order chi connectivity index (χ1) is 12.5. The number of aromatic amines is 1. The zero-order valence-electron chi connectivity index (χ0n) is 14.3. The number of rotatable bonds is 4. The van der Waals surface area contributed by atoms with E-state index in [1.54, 1.807) is 17.0 Å². The molecule has 2 aliphatic heterocycles. The molecule has 138 valence electrons. The highest BCUT2D eigenvalue weighted by molar-refractivity contribution is 6.00. The lowest BCUT2D eigenvalue weighted by Gasteiger charge is -2.37. The van der Waals surface area contributed by atoms with Crippen LogP contribution in [0.3, 0.4) is 0 Å². The third-order valence-electron chi connectivity index (χ3n) is 5.00. The third kappa shape index (κ3) is 3.30. The van der Waals surface area contributed by atoms with E-state index in [2.05, 4.69) is 4.98 Å². The molecule has 1 N–H and O–H groups in total. The maximum Gasteiger partial charge on any atom is 0.417 e. The Labute approximate surface area is 149 Å². The molecule has 8 nitrogen and oxygen atoms in total.